The minimum absolute atomic E-state index is 0.185. The van der Waals surface area contributed by atoms with Crippen molar-refractivity contribution >= 4 is 11.6 Å². The molecule has 2 N–H and O–H groups in total. The molecule has 2 aromatic rings. The molecule has 1 heterocycles. The molecule has 0 saturated heterocycles. The molecule has 1 atom stereocenters. The van der Waals surface area contributed by atoms with Crippen LogP contribution in [0.15, 0.2) is 30.9 Å². The highest BCUT2D eigenvalue weighted by Crippen LogP contribution is 2.17. The first-order chi connectivity index (χ1) is 9.56. The Balaban J connectivity index is 2.04. The highest BCUT2D eigenvalue weighted by Gasteiger charge is 2.09. The summed E-state index contributed by atoms with van der Waals surface area (Å²) >= 11 is 0. The van der Waals surface area contributed by atoms with E-state index in [1.54, 1.807) is 13.0 Å². The zero-order valence-electron chi connectivity index (χ0n) is 11.0. The first-order valence-electron chi connectivity index (χ1n) is 6.18. The maximum Gasteiger partial charge on any atom is 0.224 e. The van der Waals surface area contributed by atoms with Crippen LogP contribution in [0.2, 0.25) is 0 Å². The number of nitrogens with zero attached hydrogens (tertiary/aromatic N) is 3. The molecule has 0 saturated carbocycles. The number of halogens is 1. The number of aliphatic hydroxyl groups excluding tert-OH is 1. The Bertz CT molecular complexity index is 584. The highest BCUT2D eigenvalue weighted by molar-refractivity contribution is 5.90. The van der Waals surface area contributed by atoms with Crippen molar-refractivity contribution < 1.29 is 14.3 Å². The van der Waals surface area contributed by atoms with Crippen molar-refractivity contribution in [2.75, 3.05) is 5.32 Å². The van der Waals surface area contributed by atoms with Crippen molar-refractivity contribution in [3.63, 3.8) is 0 Å². The summed E-state index contributed by atoms with van der Waals surface area (Å²) in [6.07, 6.45) is 2.71. The number of benzene rings is 1. The van der Waals surface area contributed by atoms with Gasteiger partial charge in [-0.1, -0.05) is 0 Å². The second-order valence-electron chi connectivity index (χ2n) is 4.44. The van der Waals surface area contributed by atoms with Crippen LogP contribution in [0, 0.1) is 5.82 Å². The van der Waals surface area contributed by atoms with Gasteiger partial charge < -0.3 is 10.4 Å². The summed E-state index contributed by atoms with van der Waals surface area (Å²) in [7, 11) is 0. The monoisotopic (exact) mass is 278 g/mol. The lowest BCUT2D eigenvalue weighted by atomic mass is 10.2. The number of hydrogen-bond acceptors (Lipinski definition) is 4. The molecule has 0 bridgehead atoms. The molecule has 1 aromatic carbocycles. The Hall–Kier alpha value is -2.28. The SMILES string of the molecule is CC(O)CCC(=O)Nc1ccc(-n2cncn2)c(F)c1. The van der Waals surface area contributed by atoms with Gasteiger partial charge in [-0.3, -0.25) is 4.79 Å². The van der Waals surface area contributed by atoms with Crippen LogP contribution in [0.3, 0.4) is 0 Å². The van der Waals surface area contributed by atoms with Crippen LogP contribution in [-0.2, 0) is 4.79 Å². The van der Waals surface area contributed by atoms with Crippen LogP contribution in [0.1, 0.15) is 19.8 Å². The Kier molecular flexibility index (Phi) is 4.41. The number of carbonyl (C=O) groups is 1. The van der Waals surface area contributed by atoms with Crippen molar-refractivity contribution in [3.8, 4) is 5.69 Å². The summed E-state index contributed by atoms with van der Waals surface area (Å²) in [5.74, 6) is -0.775. The van der Waals surface area contributed by atoms with E-state index in [4.69, 9.17) is 5.11 Å². The van der Waals surface area contributed by atoms with E-state index >= 15 is 0 Å². The molecule has 0 aliphatic rings. The lowest BCUT2D eigenvalue weighted by molar-refractivity contribution is -0.116. The van der Waals surface area contributed by atoms with E-state index in [0.717, 1.165) is 0 Å². The van der Waals surface area contributed by atoms with Gasteiger partial charge in [0.2, 0.25) is 5.91 Å². The number of amides is 1. The van der Waals surface area contributed by atoms with E-state index < -0.39 is 11.9 Å². The molecule has 6 nitrogen and oxygen atoms in total. The van der Waals surface area contributed by atoms with Crippen molar-refractivity contribution in [2.45, 2.75) is 25.9 Å². The van der Waals surface area contributed by atoms with Gasteiger partial charge in [-0.25, -0.2) is 14.1 Å². The van der Waals surface area contributed by atoms with E-state index in [1.807, 2.05) is 0 Å². The molecule has 1 amide bonds. The second kappa shape index (κ2) is 6.25. The van der Waals surface area contributed by atoms with Gasteiger partial charge in [0.1, 0.15) is 18.3 Å². The average molecular weight is 278 g/mol. The van der Waals surface area contributed by atoms with Gasteiger partial charge in [0.15, 0.2) is 5.82 Å². The maximum atomic E-state index is 13.9. The number of nitrogens with one attached hydrogen (secondary N) is 1. The van der Waals surface area contributed by atoms with E-state index in [2.05, 4.69) is 15.4 Å². The zero-order valence-corrected chi connectivity index (χ0v) is 11.0. The average Bonchev–Trinajstić information content (AvgIpc) is 2.90. The third-order valence-electron chi connectivity index (χ3n) is 2.69. The number of hydrogen-bond donors (Lipinski definition) is 2. The topological polar surface area (TPSA) is 80.0 Å². The predicted octanol–water partition coefficient (Wildman–Crippen LogP) is 1.51. The van der Waals surface area contributed by atoms with Crippen LogP contribution >= 0.6 is 0 Å². The maximum absolute atomic E-state index is 13.9. The fourth-order valence-electron chi connectivity index (χ4n) is 1.67. The first-order valence-corrected chi connectivity index (χ1v) is 6.18. The van der Waals surface area contributed by atoms with Crippen LogP contribution in [0.5, 0.6) is 0 Å². The number of anilines is 1. The van der Waals surface area contributed by atoms with Gasteiger partial charge in [-0.2, -0.15) is 5.10 Å². The number of carbonyl (C=O) groups excluding carboxylic acids is 1. The minimum Gasteiger partial charge on any atom is -0.393 e. The van der Waals surface area contributed by atoms with Crippen molar-refractivity contribution in [2.24, 2.45) is 0 Å². The molecule has 0 spiro atoms. The Morgan fingerprint density at radius 3 is 2.95 bits per heavy atom. The summed E-state index contributed by atoms with van der Waals surface area (Å²) < 4.78 is 15.2. The molecule has 0 radical (unpaired) electrons. The highest BCUT2D eigenvalue weighted by atomic mass is 19.1. The van der Waals surface area contributed by atoms with Crippen LogP contribution in [-0.4, -0.2) is 31.9 Å². The Morgan fingerprint density at radius 1 is 1.55 bits per heavy atom. The Morgan fingerprint density at radius 2 is 2.35 bits per heavy atom. The summed E-state index contributed by atoms with van der Waals surface area (Å²) in [6.45, 7) is 1.61. The van der Waals surface area contributed by atoms with Crippen molar-refractivity contribution in [1.29, 1.82) is 0 Å². The van der Waals surface area contributed by atoms with Crippen LogP contribution in [0.25, 0.3) is 5.69 Å². The number of aliphatic hydroxyl groups is 1. The van der Waals surface area contributed by atoms with Gasteiger partial charge in [-0.15, -0.1) is 0 Å². The normalized spacial score (nSPS) is 12.2. The van der Waals surface area contributed by atoms with E-state index in [-0.39, 0.29) is 18.0 Å². The zero-order chi connectivity index (χ0) is 14.5. The molecular weight excluding hydrogens is 263 g/mol. The molecule has 2 rings (SSSR count). The molecule has 20 heavy (non-hydrogen) atoms. The van der Waals surface area contributed by atoms with E-state index in [0.29, 0.717) is 12.1 Å². The number of aromatic nitrogens is 3. The quantitative estimate of drug-likeness (QED) is 0.868. The summed E-state index contributed by atoms with van der Waals surface area (Å²) in [5, 5.41) is 15.5. The standard InChI is InChI=1S/C13H15FN4O2/c1-9(19)2-5-13(20)17-10-3-4-12(11(14)6-10)18-8-15-7-16-18/h3-4,6-9,19H,2,5H2,1H3,(H,17,20). The molecule has 0 aliphatic heterocycles. The molecule has 7 heteroatoms. The molecule has 1 aromatic heterocycles. The van der Waals surface area contributed by atoms with E-state index in [9.17, 15) is 9.18 Å². The van der Waals surface area contributed by atoms with Gasteiger partial charge in [-0.05, 0) is 31.5 Å². The predicted molar refractivity (Wildman–Crippen MR) is 70.9 cm³/mol. The van der Waals surface area contributed by atoms with Crippen molar-refractivity contribution in [3.05, 3.63) is 36.7 Å². The third kappa shape index (κ3) is 3.61. The van der Waals surface area contributed by atoms with Gasteiger partial charge in [0.05, 0.1) is 6.10 Å². The van der Waals surface area contributed by atoms with Gasteiger partial charge >= 0.3 is 0 Å². The first kappa shape index (κ1) is 14.1. The Labute approximate surface area is 115 Å². The smallest absolute Gasteiger partial charge is 0.224 e. The van der Waals surface area contributed by atoms with Crippen molar-refractivity contribution in [1.82, 2.24) is 14.8 Å². The second-order valence-corrected chi connectivity index (χ2v) is 4.44. The fourth-order valence-corrected chi connectivity index (χ4v) is 1.67. The number of rotatable bonds is 5. The minimum atomic E-state index is -0.535. The summed E-state index contributed by atoms with van der Waals surface area (Å²) in [5.41, 5.74) is 0.617. The molecule has 0 fully saturated rings. The van der Waals surface area contributed by atoms with Crippen LogP contribution < -0.4 is 5.32 Å². The summed E-state index contributed by atoms with van der Waals surface area (Å²) in [6, 6.07) is 4.31. The van der Waals surface area contributed by atoms with Gasteiger partial charge in [0, 0.05) is 12.1 Å². The van der Waals surface area contributed by atoms with E-state index in [1.165, 1.54) is 29.5 Å². The molecule has 1 unspecified atom stereocenters. The lowest BCUT2D eigenvalue weighted by Crippen LogP contribution is -2.14. The fraction of sp³-hybridized carbons (Fsp3) is 0.308. The third-order valence-corrected chi connectivity index (χ3v) is 2.69. The van der Waals surface area contributed by atoms with Gasteiger partial charge in [0.25, 0.3) is 0 Å². The van der Waals surface area contributed by atoms with Crippen LogP contribution in [0.4, 0.5) is 10.1 Å². The largest absolute Gasteiger partial charge is 0.393 e. The summed E-state index contributed by atoms with van der Waals surface area (Å²) in [4.78, 5) is 15.3. The molecule has 0 aliphatic carbocycles. The lowest BCUT2D eigenvalue weighted by Gasteiger charge is -2.08. The molecule has 106 valence electrons. The molecular formula is C13H15FN4O2.